The third-order valence-electron chi connectivity index (χ3n) is 4.57. The summed E-state index contributed by atoms with van der Waals surface area (Å²) in [5.41, 5.74) is 1.15. The number of rotatable bonds is 5. The number of amides is 4. The van der Waals surface area contributed by atoms with Crippen molar-refractivity contribution in [1.29, 1.82) is 0 Å². The summed E-state index contributed by atoms with van der Waals surface area (Å²) in [6, 6.07) is 6.67. The van der Waals surface area contributed by atoms with E-state index in [1.54, 1.807) is 7.11 Å². The summed E-state index contributed by atoms with van der Waals surface area (Å²) in [7, 11) is 1.63. The summed E-state index contributed by atoms with van der Waals surface area (Å²) >= 11 is 0. The number of nitrogens with zero attached hydrogens (tertiary/aromatic N) is 1. The van der Waals surface area contributed by atoms with E-state index < -0.39 is 18.0 Å². The van der Waals surface area contributed by atoms with Gasteiger partial charge in [0.25, 0.3) is 5.91 Å². The lowest BCUT2D eigenvalue weighted by Gasteiger charge is -2.25. The van der Waals surface area contributed by atoms with Gasteiger partial charge in [-0.3, -0.25) is 14.9 Å². The topological polar surface area (TPSA) is 87.7 Å². The van der Waals surface area contributed by atoms with Gasteiger partial charge >= 0.3 is 6.03 Å². The number of urea groups is 1. The molecule has 7 heteroatoms. The first kappa shape index (κ1) is 16.3. The van der Waals surface area contributed by atoms with Gasteiger partial charge in [-0.2, -0.15) is 0 Å². The zero-order valence-corrected chi connectivity index (χ0v) is 13.6. The van der Waals surface area contributed by atoms with Gasteiger partial charge in [0.15, 0.2) is 0 Å². The SMILES string of the molecule is COc1ccc(CC2CCCN2C(=O)CC2NC(=O)NC2=O)cc1. The zero-order valence-electron chi connectivity index (χ0n) is 13.6. The number of benzene rings is 1. The molecule has 2 aliphatic heterocycles. The Morgan fingerprint density at radius 1 is 1.29 bits per heavy atom. The lowest BCUT2D eigenvalue weighted by atomic mass is 10.0. The Labute approximate surface area is 140 Å². The number of ether oxygens (including phenoxy) is 1. The molecule has 4 amide bonds. The minimum absolute atomic E-state index is 0.0106. The Morgan fingerprint density at radius 3 is 2.67 bits per heavy atom. The van der Waals surface area contributed by atoms with Gasteiger partial charge in [-0.15, -0.1) is 0 Å². The van der Waals surface area contributed by atoms with Crippen LogP contribution in [0.5, 0.6) is 5.75 Å². The Hall–Kier alpha value is -2.57. The molecule has 1 aromatic rings. The number of imide groups is 1. The molecule has 0 aliphatic carbocycles. The van der Waals surface area contributed by atoms with E-state index in [0.717, 1.165) is 30.6 Å². The number of likely N-dealkylation sites (tertiary alicyclic amines) is 1. The summed E-state index contributed by atoms with van der Waals surface area (Å²) in [4.78, 5) is 37.1. The van der Waals surface area contributed by atoms with E-state index in [2.05, 4.69) is 10.6 Å². The second kappa shape index (κ2) is 6.90. The fourth-order valence-electron chi connectivity index (χ4n) is 3.30. The van der Waals surface area contributed by atoms with Crippen molar-refractivity contribution >= 4 is 17.8 Å². The predicted molar refractivity (Wildman–Crippen MR) is 86.5 cm³/mol. The fraction of sp³-hybridized carbons (Fsp3) is 0.471. The molecule has 1 aromatic carbocycles. The van der Waals surface area contributed by atoms with Crippen molar-refractivity contribution in [3.63, 3.8) is 0 Å². The van der Waals surface area contributed by atoms with Crippen LogP contribution in [-0.4, -0.2) is 48.5 Å². The first-order valence-corrected chi connectivity index (χ1v) is 8.10. The minimum atomic E-state index is -0.757. The molecule has 0 radical (unpaired) electrons. The van der Waals surface area contributed by atoms with Crippen molar-refractivity contribution in [2.45, 2.75) is 37.8 Å². The highest BCUT2D eigenvalue weighted by molar-refractivity contribution is 6.05. The minimum Gasteiger partial charge on any atom is -0.497 e. The smallest absolute Gasteiger partial charge is 0.322 e. The quantitative estimate of drug-likeness (QED) is 0.782. The van der Waals surface area contributed by atoms with Gasteiger partial charge in [0, 0.05) is 12.6 Å². The van der Waals surface area contributed by atoms with Gasteiger partial charge in [-0.1, -0.05) is 12.1 Å². The first-order valence-electron chi connectivity index (χ1n) is 8.10. The number of carbonyl (C=O) groups is 3. The van der Waals surface area contributed by atoms with Gasteiger partial charge in [0.1, 0.15) is 11.8 Å². The number of nitrogens with one attached hydrogen (secondary N) is 2. The third-order valence-corrected chi connectivity index (χ3v) is 4.57. The Bertz CT molecular complexity index is 644. The van der Waals surface area contributed by atoms with Crippen LogP contribution in [0.4, 0.5) is 4.79 Å². The number of methoxy groups -OCH3 is 1. The van der Waals surface area contributed by atoms with Crippen LogP contribution in [0, 0.1) is 0 Å². The van der Waals surface area contributed by atoms with Gasteiger partial charge in [0.05, 0.1) is 13.5 Å². The van der Waals surface area contributed by atoms with Crippen LogP contribution in [-0.2, 0) is 16.0 Å². The summed E-state index contributed by atoms with van der Waals surface area (Å²) in [6.45, 7) is 0.696. The van der Waals surface area contributed by atoms with E-state index in [1.807, 2.05) is 29.2 Å². The molecule has 2 atom stereocenters. The largest absolute Gasteiger partial charge is 0.497 e. The standard InChI is InChI=1S/C17H21N3O4/c1-24-13-6-4-11(5-7-13)9-12-3-2-8-20(12)15(21)10-14-16(22)19-17(23)18-14/h4-7,12,14H,2-3,8-10H2,1H3,(H2,18,19,22,23). The molecule has 0 saturated carbocycles. The van der Waals surface area contributed by atoms with Crippen LogP contribution in [0.15, 0.2) is 24.3 Å². The molecule has 3 rings (SSSR count). The summed E-state index contributed by atoms with van der Waals surface area (Å²) in [5, 5.41) is 4.63. The van der Waals surface area contributed by atoms with Crippen molar-refractivity contribution in [3.8, 4) is 5.75 Å². The molecular formula is C17H21N3O4. The number of hydrogen-bond acceptors (Lipinski definition) is 4. The van der Waals surface area contributed by atoms with E-state index >= 15 is 0 Å². The van der Waals surface area contributed by atoms with Crippen molar-refractivity contribution in [2.24, 2.45) is 0 Å². The van der Waals surface area contributed by atoms with Crippen LogP contribution < -0.4 is 15.4 Å². The zero-order chi connectivity index (χ0) is 17.1. The molecule has 0 spiro atoms. The second-order valence-electron chi connectivity index (χ2n) is 6.15. The molecule has 2 fully saturated rings. The maximum Gasteiger partial charge on any atom is 0.322 e. The van der Waals surface area contributed by atoms with Crippen molar-refractivity contribution in [1.82, 2.24) is 15.5 Å². The van der Waals surface area contributed by atoms with E-state index in [-0.39, 0.29) is 18.4 Å². The van der Waals surface area contributed by atoms with Crippen LogP contribution in [0.2, 0.25) is 0 Å². The molecule has 128 valence electrons. The number of carbonyl (C=O) groups excluding carboxylic acids is 3. The average Bonchev–Trinajstić information content (AvgIpc) is 3.14. The van der Waals surface area contributed by atoms with E-state index in [0.29, 0.717) is 6.54 Å². The molecular weight excluding hydrogens is 310 g/mol. The highest BCUT2D eigenvalue weighted by Gasteiger charge is 2.35. The van der Waals surface area contributed by atoms with E-state index in [1.165, 1.54) is 0 Å². The van der Waals surface area contributed by atoms with Crippen molar-refractivity contribution in [2.75, 3.05) is 13.7 Å². The van der Waals surface area contributed by atoms with Crippen molar-refractivity contribution < 1.29 is 19.1 Å². The lowest BCUT2D eigenvalue weighted by molar-refractivity contribution is -0.134. The van der Waals surface area contributed by atoms with Crippen LogP contribution >= 0.6 is 0 Å². The summed E-state index contributed by atoms with van der Waals surface area (Å²) in [6.07, 6.45) is 2.69. The number of hydrogen-bond donors (Lipinski definition) is 2. The monoisotopic (exact) mass is 331 g/mol. The Balaban J connectivity index is 1.60. The van der Waals surface area contributed by atoms with Gasteiger partial charge in [-0.05, 0) is 37.0 Å². The Kier molecular flexibility index (Phi) is 4.69. The van der Waals surface area contributed by atoms with Gasteiger partial charge in [-0.25, -0.2) is 4.79 Å². The molecule has 2 unspecified atom stereocenters. The normalized spacial score (nSPS) is 23.1. The van der Waals surface area contributed by atoms with Crippen LogP contribution in [0.3, 0.4) is 0 Å². The highest BCUT2D eigenvalue weighted by atomic mass is 16.5. The molecule has 2 saturated heterocycles. The van der Waals surface area contributed by atoms with Gasteiger partial charge in [0.2, 0.25) is 5.91 Å². The first-order chi connectivity index (χ1) is 11.6. The van der Waals surface area contributed by atoms with E-state index in [9.17, 15) is 14.4 Å². The molecule has 2 N–H and O–H groups in total. The average molecular weight is 331 g/mol. The molecule has 2 heterocycles. The fourth-order valence-corrected chi connectivity index (χ4v) is 3.30. The van der Waals surface area contributed by atoms with Gasteiger partial charge < -0.3 is 15.0 Å². The Morgan fingerprint density at radius 2 is 2.04 bits per heavy atom. The predicted octanol–water partition coefficient (Wildman–Crippen LogP) is 0.827. The maximum absolute atomic E-state index is 12.5. The third kappa shape index (κ3) is 3.50. The van der Waals surface area contributed by atoms with Crippen molar-refractivity contribution in [3.05, 3.63) is 29.8 Å². The molecule has 0 aromatic heterocycles. The summed E-state index contributed by atoms with van der Waals surface area (Å²) < 4.78 is 5.15. The summed E-state index contributed by atoms with van der Waals surface area (Å²) in [5.74, 6) is 0.286. The highest BCUT2D eigenvalue weighted by Crippen LogP contribution is 2.23. The molecule has 24 heavy (non-hydrogen) atoms. The lowest BCUT2D eigenvalue weighted by Crippen LogP contribution is -2.41. The second-order valence-corrected chi connectivity index (χ2v) is 6.15. The van der Waals surface area contributed by atoms with E-state index in [4.69, 9.17) is 4.74 Å². The van der Waals surface area contributed by atoms with Crippen LogP contribution in [0.1, 0.15) is 24.8 Å². The van der Waals surface area contributed by atoms with Crippen LogP contribution in [0.25, 0.3) is 0 Å². The molecule has 2 aliphatic rings. The maximum atomic E-state index is 12.5. The molecule has 0 bridgehead atoms. The molecule has 7 nitrogen and oxygen atoms in total.